The number of anilines is 1. The Bertz CT molecular complexity index is 780. The summed E-state index contributed by atoms with van der Waals surface area (Å²) in [5.74, 6) is -4.18. The minimum atomic E-state index is -1.29. The molecule has 2 rings (SSSR count). The van der Waals surface area contributed by atoms with Gasteiger partial charge in [0, 0.05) is 0 Å². The Morgan fingerprint density at radius 3 is 2.39 bits per heavy atom. The van der Waals surface area contributed by atoms with Gasteiger partial charge in [0.25, 0.3) is 5.91 Å². The molecular weight excluding hydrogens is 306 g/mol. The molecule has 0 aliphatic heterocycles. The van der Waals surface area contributed by atoms with Gasteiger partial charge in [-0.15, -0.1) is 0 Å². The van der Waals surface area contributed by atoms with Crippen molar-refractivity contribution in [1.29, 1.82) is 5.26 Å². The topological polar surface area (TPSA) is 79.2 Å². The van der Waals surface area contributed by atoms with E-state index in [1.54, 1.807) is 12.1 Å². The van der Waals surface area contributed by atoms with Crippen LogP contribution >= 0.6 is 0 Å². The molecule has 0 aliphatic carbocycles. The molecule has 0 spiro atoms. The molecule has 0 unspecified atom stereocenters. The SMILES string of the molecule is N#Cc1ccccc1NC(=O)COC(=O)c1c(F)cccc1F. The quantitative estimate of drug-likeness (QED) is 0.879. The molecule has 116 valence electrons. The summed E-state index contributed by atoms with van der Waals surface area (Å²) < 4.78 is 31.4. The number of carbonyl (C=O) groups is 2. The second-order valence-corrected chi connectivity index (χ2v) is 4.38. The van der Waals surface area contributed by atoms with E-state index in [-0.39, 0.29) is 11.3 Å². The van der Waals surface area contributed by atoms with E-state index in [0.717, 1.165) is 18.2 Å². The summed E-state index contributed by atoms with van der Waals surface area (Å²) in [5.41, 5.74) is -0.391. The maximum atomic E-state index is 13.4. The highest BCUT2D eigenvalue weighted by molar-refractivity contribution is 5.96. The van der Waals surface area contributed by atoms with Crippen molar-refractivity contribution < 1.29 is 23.1 Å². The summed E-state index contributed by atoms with van der Waals surface area (Å²) in [7, 11) is 0. The second kappa shape index (κ2) is 7.13. The van der Waals surface area contributed by atoms with Gasteiger partial charge in [-0.1, -0.05) is 18.2 Å². The van der Waals surface area contributed by atoms with Crippen LogP contribution in [0.2, 0.25) is 0 Å². The molecule has 0 atom stereocenters. The second-order valence-electron chi connectivity index (χ2n) is 4.38. The van der Waals surface area contributed by atoms with E-state index < -0.39 is 35.7 Å². The predicted octanol–water partition coefficient (Wildman–Crippen LogP) is 2.63. The number of benzene rings is 2. The van der Waals surface area contributed by atoms with Gasteiger partial charge in [-0.2, -0.15) is 5.26 Å². The molecule has 0 fully saturated rings. The van der Waals surface area contributed by atoms with Gasteiger partial charge in [0.15, 0.2) is 6.61 Å². The zero-order valence-electron chi connectivity index (χ0n) is 11.7. The Morgan fingerprint density at radius 2 is 1.74 bits per heavy atom. The summed E-state index contributed by atoms with van der Waals surface area (Å²) in [4.78, 5) is 23.3. The lowest BCUT2D eigenvalue weighted by Crippen LogP contribution is -2.22. The molecule has 0 bridgehead atoms. The maximum Gasteiger partial charge on any atom is 0.344 e. The number of carbonyl (C=O) groups excluding carboxylic acids is 2. The molecule has 2 aromatic rings. The van der Waals surface area contributed by atoms with Gasteiger partial charge in [0.05, 0.1) is 11.3 Å². The van der Waals surface area contributed by atoms with Gasteiger partial charge in [-0.05, 0) is 24.3 Å². The van der Waals surface area contributed by atoms with Crippen LogP contribution in [0.3, 0.4) is 0 Å². The first kappa shape index (κ1) is 16.1. The molecule has 2 aromatic carbocycles. The Kier molecular flexibility index (Phi) is 5.00. The molecule has 0 saturated heterocycles. The fourth-order valence-electron chi connectivity index (χ4n) is 1.77. The first-order chi connectivity index (χ1) is 11.0. The number of hydrogen-bond acceptors (Lipinski definition) is 4. The van der Waals surface area contributed by atoms with E-state index in [4.69, 9.17) is 5.26 Å². The number of nitriles is 1. The molecule has 1 N–H and O–H groups in total. The first-order valence-electron chi connectivity index (χ1n) is 6.43. The van der Waals surface area contributed by atoms with E-state index in [1.807, 2.05) is 6.07 Å². The van der Waals surface area contributed by atoms with Gasteiger partial charge < -0.3 is 10.1 Å². The van der Waals surface area contributed by atoms with Crippen molar-refractivity contribution >= 4 is 17.6 Å². The Hall–Kier alpha value is -3.27. The fourth-order valence-corrected chi connectivity index (χ4v) is 1.77. The third-order valence-electron chi connectivity index (χ3n) is 2.82. The van der Waals surface area contributed by atoms with Crippen molar-refractivity contribution in [2.75, 3.05) is 11.9 Å². The number of amides is 1. The van der Waals surface area contributed by atoms with Crippen molar-refractivity contribution in [3.05, 3.63) is 65.2 Å². The van der Waals surface area contributed by atoms with Crippen LogP contribution in [-0.2, 0) is 9.53 Å². The Morgan fingerprint density at radius 1 is 1.09 bits per heavy atom. The zero-order valence-corrected chi connectivity index (χ0v) is 11.7. The lowest BCUT2D eigenvalue weighted by atomic mass is 10.2. The lowest BCUT2D eigenvalue weighted by Gasteiger charge is -2.08. The molecule has 23 heavy (non-hydrogen) atoms. The number of nitrogens with zero attached hydrogens (tertiary/aromatic N) is 1. The number of halogens is 2. The third kappa shape index (κ3) is 3.89. The van der Waals surface area contributed by atoms with Gasteiger partial charge in [0.2, 0.25) is 0 Å². The van der Waals surface area contributed by atoms with Crippen LogP contribution in [0.15, 0.2) is 42.5 Å². The highest BCUT2D eigenvalue weighted by Crippen LogP contribution is 2.15. The fraction of sp³-hybridized carbons (Fsp3) is 0.0625. The number of para-hydroxylation sites is 1. The van der Waals surface area contributed by atoms with Gasteiger partial charge in [-0.25, -0.2) is 13.6 Å². The lowest BCUT2D eigenvalue weighted by molar-refractivity contribution is -0.119. The van der Waals surface area contributed by atoms with E-state index in [1.165, 1.54) is 12.1 Å². The molecule has 0 aromatic heterocycles. The van der Waals surface area contributed by atoms with Crippen molar-refractivity contribution in [3.8, 4) is 6.07 Å². The number of nitrogens with one attached hydrogen (secondary N) is 1. The number of ether oxygens (including phenoxy) is 1. The van der Waals surface area contributed by atoms with Crippen molar-refractivity contribution in [1.82, 2.24) is 0 Å². The molecule has 1 amide bonds. The van der Waals surface area contributed by atoms with Gasteiger partial charge in [0.1, 0.15) is 23.3 Å². The minimum absolute atomic E-state index is 0.229. The van der Waals surface area contributed by atoms with E-state index in [2.05, 4.69) is 10.1 Å². The smallest absolute Gasteiger partial charge is 0.344 e. The molecule has 0 heterocycles. The average molecular weight is 316 g/mol. The molecule has 0 radical (unpaired) electrons. The maximum absolute atomic E-state index is 13.4. The van der Waals surface area contributed by atoms with Crippen molar-refractivity contribution in [3.63, 3.8) is 0 Å². The molecule has 0 aliphatic rings. The summed E-state index contributed by atoms with van der Waals surface area (Å²) >= 11 is 0. The van der Waals surface area contributed by atoms with Gasteiger partial charge in [-0.3, -0.25) is 4.79 Å². The monoisotopic (exact) mass is 316 g/mol. The molecular formula is C16H10F2N2O3. The molecule has 7 heteroatoms. The van der Waals surface area contributed by atoms with Crippen LogP contribution in [0.1, 0.15) is 15.9 Å². The molecule has 5 nitrogen and oxygen atoms in total. The van der Waals surface area contributed by atoms with Crippen LogP contribution < -0.4 is 5.32 Å². The third-order valence-corrected chi connectivity index (χ3v) is 2.82. The van der Waals surface area contributed by atoms with Crippen LogP contribution in [0, 0.1) is 23.0 Å². The summed E-state index contributed by atoms with van der Waals surface area (Å²) in [5, 5.41) is 11.3. The highest BCUT2D eigenvalue weighted by atomic mass is 19.1. The van der Waals surface area contributed by atoms with Crippen LogP contribution in [0.5, 0.6) is 0 Å². The number of hydrogen-bond donors (Lipinski definition) is 1. The van der Waals surface area contributed by atoms with E-state index in [0.29, 0.717) is 0 Å². The minimum Gasteiger partial charge on any atom is -0.452 e. The Balaban J connectivity index is 2.00. The highest BCUT2D eigenvalue weighted by Gasteiger charge is 2.19. The van der Waals surface area contributed by atoms with Crippen LogP contribution in [0.4, 0.5) is 14.5 Å². The van der Waals surface area contributed by atoms with Crippen molar-refractivity contribution in [2.24, 2.45) is 0 Å². The predicted molar refractivity (Wildman–Crippen MR) is 76.4 cm³/mol. The Labute approximate surface area is 130 Å². The molecule has 0 saturated carbocycles. The standard InChI is InChI=1S/C16H10F2N2O3/c17-11-5-3-6-12(18)15(11)16(22)23-9-14(21)20-13-7-2-1-4-10(13)8-19/h1-7H,9H2,(H,20,21). The van der Waals surface area contributed by atoms with Crippen molar-refractivity contribution in [2.45, 2.75) is 0 Å². The summed E-state index contributed by atoms with van der Waals surface area (Å²) in [6.45, 7) is -0.744. The first-order valence-corrected chi connectivity index (χ1v) is 6.43. The number of esters is 1. The zero-order chi connectivity index (χ0) is 16.8. The summed E-state index contributed by atoms with van der Waals surface area (Å²) in [6, 6.07) is 11.0. The summed E-state index contributed by atoms with van der Waals surface area (Å²) in [6.07, 6.45) is 0. The van der Waals surface area contributed by atoms with E-state index in [9.17, 15) is 18.4 Å². The normalized spacial score (nSPS) is 9.78. The van der Waals surface area contributed by atoms with Crippen LogP contribution in [0.25, 0.3) is 0 Å². The van der Waals surface area contributed by atoms with Crippen LogP contribution in [-0.4, -0.2) is 18.5 Å². The number of rotatable bonds is 4. The van der Waals surface area contributed by atoms with E-state index >= 15 is 0 Å². The van der Waals surface area contributed by atoms with Gasteiger partial charge >= 0.3 is 5.97 Å². The average Bonchev–Trinajstić information content (AvgIpc) is 2.53. The largest absolute Gasteiger partial charge is 0.452 e.